The fraction of sp³-hybridized carbons (Fsp3) is 0.533. The molecule has 0 aliphatic rings. The molecule has 0 saturated carbocycles. The zero-order valence-electron chi connectivity index (χ0n) is 12.9. The second-order valence-corrected chi connectivity index (χ2v) is 7.09. The summed E-state index contributed by atoms with van der Waals surface area (Å²) >= 11 is 0. The van der Waals surface area contributed by atoms with Crippen LogP contribution in [-0.4, -0.2) is 38.0 Å². The van der Waals surface area contributed by atoms with Crippen molar-refractivity contribution in [3.8, 4) is 0 Å². The lowest BCUT2D eigenvalue weighted by Gasteiger charge is -2.20. The van der Waals surface area contributed by atoms with Crippen molar-refractivity contribution in [1.82, 2.24) is 9.62 Å². The Bertz CT molecular complexity index is 543. The molecule has 0 aliphatic heterocycles. The van der Waals surface area contributed by atoms with Gasteiger partial charge in [0.05, 0.1) is 12.3 Å². The zero-order valence-corrected chi connectivity index (χ0v) is 13.7. The largest absolute Gasteiger partial charge is 0.350 e. The van der Waals surface area contributed by atoms with E-state index in [1.54, 1.807) is 0 Å². The smallest absolute Gasteiger partial charge is 0.221 e. The number of hydrogen-bond acceptors (Lipinski definition) is 3. The van der Waals surface area contributed by atoms with E-state index in [9.17, 15) is 13.2 Å². The van der Waals surface area contributed by atoms with Crippen molar-refractivity contribution in [2.75, 3.05) is 19.3 Å². The lowest BCUT2D eigenvalue weighted by Crippen LogP contribution is -2.35. The van der Waals surface area contributed by atoms with Gasteiger partial charge in [0.25, 0.3) is 0 Å². The maximum absolute atomic E-state index is 11.9. The van der Waals surface area contributed by atoms with Crippen molar-refractivity contribution in [1.29, 1.82) is 0 Å². The van der Waals surface area contributed by atoms with Crippen molar-refractivity contribution in [2.45, 2.75) is 32.7 Å². The fourth-order valence-corrected chi connectivity index (χ4v) is 2.99. The molecule has 0 heterocycles. The molecule has 6 heteroatoms. The average molecular weight is 312 g/mol. The minimum absolute atomic E-state index is 0.0865. The molecule has 0 bridgehead atoms. The summed E-state index contributed by atoms with van der Waals surface area (Å²) in [7, 11) is -3.25. The van der Waals surface area contributed by atoms with E-state index in [1.165, 1.54) is 10.6 Å². The van der Waals surface area contributed by atoms with Crippen LogP contribution < -0.4 is 5.32 Å². The number of nitrogens with zero attached hydrogens (tertiary/aromatic N) is 1. The van der Waals surface area contributed by atoms with Gasteiger partial charge in [0.1, 0.15) is 0 Å². The summed E-state index contributed by atoms with van der Waals surface area (Å²) in [6.07, 6.45) is 2.08. The number of rotatable bonds is 8. The molecule has 0 aromatic heterocycles. The van der Waals surface area contributed by atoms with Gasteiger partial charge < -0.3 is 5.32 Å². The van der Waals surface area contributed by atoms with Gasteiger partial charge in [-0.05, 0) is 18.9 Å². The molecule has 5 nitrogen and oxygen atoms in total. The number of carbonyl (C=O) groups is 1. The summed E-state index contributed by atoms with van der Waals surface area (Å²) < 4.78 is 24.5. The molecule has 1 N–H and O–H groups in total. The number of sulfonamides is 1. The number of hydrogen-bond donors (Lipinski definition) is 1. The van der Waals surface area contributed by atoms with Gasteiger partial charge in [-0.15, -0.1) is 0 Å². The monoisotopic (exact) mass is 312 g/mol. The number of benzene rings is 1. The van der Waals surface area contributed by atoms with E-state index < -0.39 is 10.0 Å². The molecule has 0 saturated heterocycles. The van der Waals surface area contributed by atoms with Crippen LogP contribution in [0.4, 0.5) is 0 Å². The van der Waals surface area contributed by atoms with E-state index in [0.717, 1.165) is 12.0 Å². The van der Waals surface area contributed by atoms with Crippen molar-refractivity contribution >= 4 is 15.9 Å². The third-order valence-corrected chi connectivity index (χ3v) is 4.51. The first-order chi connectivity index (χ1) is 9.84. The van der Waals surface area contributed by atoms with Crippen LogP contribution in [0.15, 0.2) is 30.3 Å². The van der Waals surface area contributed by atoms with Crippen molar-refractivity contribution in [2.24, 2.45) is 0 Å². The first kappa shape index (κ1) is 17.7. The molecule has 1 atom stereocenters. The molecule has 0 aliphatic carbocycles. The van der Waals surface area contributed by atoms with Gasteiger partial charge in [0.15, 0.2) is 0 Å². The molecule has 1 aromatic rings. The Morgan fingerprint density at radius 2 is 1.86 bits per heavy atom. The first-order valence-corrected chi connectivity index (χ1v) is 8.99. The molecule has 21 heavy (non-hydrogen) atoms. The van der Waals surface area contributed by atoms with Crippen LogP contribution >= 0.6 is 0 Å². The van der Waals surface area contributed by atoms with E-state index in [0.29, 0.717) is 6.54 Å². The quantitative estimate of drug-likeness (QED) is 0.797. The standard InChI is InChI=1S/C15H24N2O3S/c1-4-11-17(21(3,19)20)12-10-15(18)16-13(2)14-8-6-5-7-9-14/h5-9,13H,4,10-12H2,1-3H3,(H,16,18). The maximum Gasteiger partial charge on any atom is 0.221 e. The van der Waals surface area contributed by atoms with Gasteiger partial charge in [-0.25, -0.2) is 12.7 Å². The summed E-state index contributed by atoms with van der Waals surface area (Å²) in [5.41, 5.74) is 1.03. The van der Waals surface area contributed by atoms with Gasteiger partial charge in [0.2, 0.25) is 15.9 Å². The summed E-state index contributed by atoms with van der Waals surface area (Å²) in [4.78, 5) is 11.9. The topological polar surface area (TPSA) is 66.5 Å². The molecular formula is C15H24N2O3S. The highest BCUT2D eigenvalue weighted by atomic mass is 32.2. The molecule has 1 rings (SSSR count). The molecule has 0 fully saturated rings. The first-order valence-electron chi connectivity index (χ1n) is 7.14. The number of nitrogens with one attached hydrogen (secondary N) is 1. The normalized spacial score (nSPS) is 13.1. The molecule has 0 radical (unpaired) electrons. The van der Waals surface area contributed by atoms with E-state index in [4.69, 9.17) is 0 Å². The molecular weight excluding hydrogens is 288 g/mol. The Balaban J connectivity index is 2.50. The van der Waals surface area contributed by atoms with E-state index in [2.05, 4.69) is 5.32 Å². The minimum atomic E-state index is -3.25. The minimum Gasteiger partial charge on any atom is -0.350 e. The molecule has 1 unspecified atom stereocenters. The van der Waals surface area contributed by atoms with Crippen LogP contribution in [0.3, 0.4) is 0 Å². The van der Waals surface area contributed by atoms with Crippen LogP contribution in [0.1, 0.15) is 38.3 Å². The number of amides is 1. The third kappa shape index (κ3) is 6.27. The Kier molecular flexibility index (Phi) is 6.84. The molecule has 1 amide bonds. The second-order valence-electron chi connectivity index (χ2n) is 5.11. The van der Waals surface area contributed by atoms with Crippen LogP contribution in [-0.2, 0) is 14.8 Å². The lowest BCUT2D eigenvalue weighted by molar-refractivity contribution is -0.121. The Morgan fingerprint density at radius 1 is 1.24 bits per heavy atom. The third-order valence-electron chi connectivity index (χ3n) is 3.21. The number of carbonyl (C=O) groups excluding carboxylic acids is 1. The predicted octanol–water partition coefficient (Wildman–Crippen LogP) is 1.93. The molecule has 118 valence electrons. The summed E-state index contributed by atoms with van der Waals surface area (Å²) in [5, 5.41) is 2.88. The van der Waals surface area contributed by atoms with Gasteiger partial charge in [-0.2, -0.15) is 0 Å². The summed E-state index contributed by atoms with van der Waals surface area (Å²) in [5.74, 6) is -0.142. The highest BCUT2D eigenvalue weighted by molar-refractivity contribution is 7.88. The summed E-state index contributed by atoms with van der Waals surface area (Å²) in [6.45, 7) is 4.49. The van der Waals surface area contributed by atoms with Crippen LogP contribution in [0, 0.1) is 0 Å². The van der Waals surface area contributed by atoms with Gasteiger partial charge >= 0.3 is 0 Å². The van der Waals surface area contributed by atoms with Crippen molar-refractivity contribution in [3.05, 3.63) is 35.9 Å². The van der Waals surface area contributed by atoms with Crippen LogP contribution in [0.5, 0.6) is 0 Å². The second kappa shape index (κ2) is 8.14. The molecule has 1 aromatic carbocycles. The van der Waals surface area contributed by atoms with Crippen LogP contribution in [0.2, 0.25) is 0 Å². The van der Waals surface area contributed by atoms with Crippen molar-refractivity contribution in [3.63, 3.8) is 0 Å². The van der Waals surface area contributed by atoms with E-state index in [-0.39, 0.29) is 24.9 Å². The SMILES string of the molecule is CCCN(CCC(=O)NC(C)c1ccccc1)S(C)(=O)=O. The van der Waals surface area contributed by atoms with E-state index in [1.807, 2.05) is 44.2 Å². The highest BCUT2D eigenvalue weighted by Crippen LogP contribution is 2.11. The van der Waals surface area contributed by atoms with E-state index >= 15 is 0 Å². The van der Waals surface area contributed by atoms with Crippen LogP contribution in [0.25, 0.3) is 0 Å². The average Bonchev–Trinajstić information content (AvgIpc) is 2.43. The maximum atomic E-state index is 11.9. The van der Waals surface area contributed by atoms with Crippen molar-refractivity contribution < 1.29 is 13.2 Å². The zero-order chi connectivity index (χ0) is 15.9. The Morgan fingerprint density at radius 3 is 2.38 bits per heavy atom. The van der Waals surface area contributed by atoms with Gasteiger partial charge in [-0.3, -0.25) is 4.79 Å². The van der Waals surface area contributed by atoms with Gasteiger partial charge in [0, 0.05) is 19.5 Å². The molecule has 0 spiro atoms. The summed E-state index contributed by atoms with van der Waals surface area (Å²) in [6, 6.07) is 9.58. The Hall–Kier alpha value is -1.40. The predicted molar refractivity (Wildman–Crippen MR) is 84.3 cm³/mol. The van der Waals surface area contributed by atoms with Gasteiger partial charge in [-0.1, -0.05) is 37.3 Å². The fourth-order valence-electron chi connectivity index (χ4n) is 2.06. The Labute approximate surface area is 127 Å². The highest BCUT2D eigenvalue weighted by Gasteiger charge is 2.17. The lowest BCUT2D eigenvalue weighted by atomic mass is 10.1.